The molecule has 172 valence electrons. The van der Waals surface area contributed by atoms with Gasteiger partial charge in [0, 0.05) is 31.1 Å². The maximum absolute atomic E-state index is 13.6. The summed E-state index contributed by atoms with van der Waals surface area (Å²) in [6, 6.07) is 18.1. The summed E-state index contributed by atoms with van der Waals surface area (Å²) in [5.74, 6) is -0.679. The molecule has 0 aliphatic carbocycles. The first kappa shape index (κ1) is 22.9. The van der Waals surface area contributed by atoms with Crippen molar-refractivity contribution in [3.8, 4) is 0 Å². The number of pyridine rings is 1. The summed E-state index contributed by atoms with van der Waals surface area (Å²) in [7, 11) is 0. The quantitative estimate of drug-likeness (QED) is 0.459. The van der Waals surface area contributed by atoms with E-state index >= 15 is 0 Å². The van der Waals surface area contributed by atoms with E-state index in [1.165, 1.54) is 17.8 Å². The molecule has 0 saturated carbocycles. The van der Waals surface area contributed by atoms with Crippen LogP contribution >= 0.6 is 0 Å². The van der Waals surface area contributed by atoms with E-state index in [4.69, 9.17) is 0 Å². The van der Waals surface area contributed by atoms with Crippen LogP contribution in [0.2, 0.25) is 0 Å². The molecular formula is C27H30FN3O2. The van der Waals surface area contributed by atoms with Crippen LogP contribution in [0, 0.1) is 18.7 Å². The predicted molar refractivity (Wildman–Crippen MR) is 128 cm³/mol. The van der Waals surface area contributed by atoms with Gasteiger partial charge in [0.1, 0.15) is 5.82 Å². The highest BCUT2D eigenvalue weighted by Crippen LogP contribution is 2.32. The molecule has 1 aliphatic rings. The highest BCUT2D eigenvalue weighted by molar-refractivity contribution is 5.70. The molecule has 33 heavy (non-hydrogen) atoms. The normalized spacial score (nSPS) is 17.0. The fraction of sp³-hybridized carbons (Fsp3) is 0.333. The number of hydrogen-bond donors (Lipinski definition) is 3. The number of nitrogens with one attached hydrogen (secondary N) is 2. The fourth-order valence-corrected chi connectivity index (χ4v) is 4.57. The van der Waals surface area contributed by atoms with Crippen molar-refractivity contribution < 1.29 is 14.3 Å². The zero-order valence-corrected chi connectivity index (χ0v) is 19.0. The Bertz CT molecular complexity index is 1120. The molecule has 0 fully saturated rings. The maximum Gasteiger partial charge on any atom is 0.307 e. The van der Waals surface area contributed by atoms with Crippen LogP contribution in [0.5, 0.6) is 0 Å². The van der Waals surface area contributed by atoms with E-state index in [-0.39, 0.29) is 30.1 Å². The second kappa shape index (κ2) is 10.1. The number of aromatic nitrogens is 1. The van der Waals surface area contributed by atoms with Crippen molar-refractivity contribution in [3.05, 3.63) is 94.6 Å². The van der Waals surface area contributed by atoms with Crippen molar-refractivity contribution >= 4 is 11.7 Å². The van der Waals surface area contributed by atoms with Gasteiger partial charge in [0.25, 0.3) is 0 Å². The lowest BCUT2D eigenvalue weighted by Gasteiger charge is -2.33. The van der Waals surface area contributed by atoms with Crippen LogP contribution in [0.1, 0.15) is 46.8 Å². The number of nitrogens with zero attached hydrogens (tertiary/aromatic N) is 1. The van der Waals surface area contributed by atoms with E-state index in [1.807, 2.05) is 37.3 Å². The molecule has 0 saturated heterocycles. The standard InChI is InChI=1S/C27H30FN3O2/c1-17-8-9-20(10-21(17)12-26(32)33)18(2)14-31-27(19-6-4-3-5-7-19)22-11-24-25(29-15-22)13-23(28)16-30-24/h3-10,13,16,18,22,27,29,31H,11-12,14-15H2,1-2H3,(H,32,33)/t18-,22-,27-/m1/s1. The largest absolute Gasteiger partial charge is 0.481 e. The van der Waals surface area contributed by atoms with Crippen molar-refractivity contribution in [1.82, 2.24) is 10.3 Å². The van der Waals surface area contributed by atoms with E-state index < -0.39 is 5.97 Å². The van der Waals surface area contributed by atoms with Gasteiger partial charge in [-0.2, -0.15) is 0 Å². The average molecular weight is 448 g/mol. The van der Waals surface area contributed by atoms with Gasteiger partial charge in [-0.1, -0.05) is 55.5 Å². The third-order valence-electron chi connectivity index (χ3n) is 6.51. The SMILES string of the molecule is Cc1ccc([C@H](C)CN[C@H](c2ccccc2)[C@H]2CNc3cc(F)cnc3C2)cc1CC(=O)O. The number of rotatable bonds is 8. The molecule has 2 aromatic carbocycles. The Labute approximate surface area is 194 Å². The molecule has 1 aliphatic heterocycles. The number of halogens is 1. The number of carboxylic acid groups (broad SMARTS) is 1. The van der Waals surface area contributed by atoms with Gasteiger partial charge < -0.3 is 15.7 Å². The molecule has 5 nitrogen and oxygen atoms in total. The van der Waals surface area contributed by atoms with Gasteiger partial charge in [0.15, 0.2) is 0 Å². The van der Waals surface area contributed by atoms with Gasteiger partial charge in [0.2, 0.25) is 0 Å². The van der Waals surface area contributed by atoms with Crippen LogP contribution in [0.3, 0.4) is 0 Å². The second-order valence-electron chi connectivity index (χ2n) is 8.95. The highest BCUT2D eigenvalue weighted by atomic mass is 19.1. The zero-order valence-electron chi connectivity index (χ0n) is 19.0. The van der Waals surface area contributed by atoms with Gasteiger partial charge >= 0.3 is 5.97 Å². The third kappa shape index (κ3) is 5.57. The Morgan fingerprint density at radius 1 is 1.21 bits per heavy atom. The number of carboxylic acids is 1. The van der Waals surface area contributed by atoms with Crippen LogP contribution in [0.15, 0.2) is 60.8 Å². The number of fused-ring (bicyclic) bond motifs is 1. The molecule has 3 atom stereocenters. The first-order chi connectivity index (χ1) is 15.9. The Hall–Kier alpha value is -3.25. The molecular weight excluding hydrogens is 417 g/mol. The smallest absolute Gasteiger partial charge is 0.307 e. The van der Waals surface area contributed by atoms with Crippen LogP contribution in [0.25, 0.3) is 0 Å². The van der Waals surface area contributed by atoms with Gasteiger partial charge in [-0.3, -0.25) is 9.78 Å². The van der Waals surface area contributed by atoms with Crippen molar-refractivity contribution in [1.29, 1.82) is 0 Å². The lowest BCUT2D eigenvalue weighted by molar-refractivity contribution is -0.136. The number of carbonyl (C=O) groups is 1. The summed E-state index contributed by atoms with van der Waals surface area (Å²) in [6.45, 7) is 5.58. The summed E-state index contributed by atoms with van der Waals surface area (Å²) >= 11 is 0. The predicted octanol–water partition coefficient (Wildman–Crippen LogP) is 4.88. The zero-order chi connectivity index (χ0) is 23.4. The summed E-state index contributed by atoms with van der Waals surface area (Å²) < 4.78 is 13.6. The third-order valence-corrected chi connectivity index (χ3v) is 6.51. The molecule has 0 bridgehead atoms. The number of hydrogen-bond acceptors (Lipinski definition) is 4. The Balaban J connectivity index is 1.51. The van der Waals surface area contributed by atoms with Gasteiger partial charge in [-0.25, -0.2) is 4.39 Å². The Kier molecular flexibility index (Phi) is 7.04. The highest BCUT2D eigenvalue weighted by Gasteiger charge is 2.28. The topological polar surface area (TPSA) is 74.2 Å². The average Bonchev–Trinajstić information content (AvgIpc) is 2.81. The molecule has 0 amide bonds. The molecule has 3 N–H and O–H groups in total. The summed E-state index contributed by atoms with van der Waals surface area (Å²) in [5, 5.41) is 16.3. The first-order valence-corrected chi connectivity index (χ1v) is 11.4. The van der Waals surface area contributed by atoms with Gasteiger partial charge in [-0.05, 0) is 41.5 Å². The molecule has 2 heterocycles. The van der Waals surface area contributed by atoms with Crippen LogP contribution in [-0.4, -0.2) is 29.1 Å². The molecule has 6 heteroatoms. The minimum atomic E-state index is -0.816. The lowest BCUT2D eigenvalue weighted by Crippen LogP contribution is -2.37. The molecule has 0 spiro atoms. The van der Waals surface area contributed by atoms with Crippen molar-refractivity contribution in [2.45, 2.75) is 38.6 Å². The van der Waals surface area contributed by atoms with Crippen molar-refractivity contribution in [2.75, 3.05) is 18.4 Å². The lowest BCUT2D eigenvalue weighted by atomic mass is 9.86. The van der Waals surface area contributed by atoms with E-state index in [1.54, 1.807) is 0 Å². The Morgan fingerprint density at radius 2 is 2.00 bits per heavy atom. The molecule has 3 aromatic rings. The summed E-state index contributed by atoms with van der Waals surface area (Å²) in [5.41, 5.74) is 5.85. The fourth-order valence-electron chi connectivity index (χ4n) is 4.57. The van der Waals surface area contributed by atoms with Crippen LogP contribution in [0.4, 0.5) is 10.1 Å². The van der Waals surface area contributed by atoms with Crippen molar-refractivity contribution in [2.24, 2.45) is 5.92 Å². The minimum absolute atomic E-state index is 0.0349. The van der Waals surface area contributed by atoms with E-state index in [2.05, 4.69) is 40.7 Å². The molecule has 4 rings (SSSR count). The van der Waals surface area contributed by atoms with Gasteiger partial charge in [0.05, 0.1) is 24.0 Å². The first-order valence-electron chi connectivity index (χ1n) is 11.4. The van der Waals surface area contributed by atoms with Crippen LogP contribution in [-0.2, 0) is 17.6 Å². The summed E-state index contributed by atoms with van der Waals surface area (Å²) in [6.07, 6.45) is 2.08. The van der Waals surface area contributed by atoms with Crippen LogP contribution < -0.4 is 10.6 Å². The number of benzene rings is 2. The Morgan fingerprint density at radius 3 is 2.76 bits per heavy atom. The maximum atomic E-state index is 13.6. The summed E-state index contributed by atoms with van der Waals surface area (Å²) in [4.78, 5) is 15.5. The van der Waals surface area contributed by atoms with Crippen molar-refractivity contribution in [3.63, 3.8) is 0 Å². The number of anilines is 1. The molecule has 0 radical (unpaired) electrons. The van der Waals surface area contributed by atoms with E-state index in [9.17, 15) is 14.3 Å². The molecule has 1 aromatic heterocycles. The van der Waals surface area contributed by atoms with E-state index in [0.29, 0.717) is 0 Å². The number of aliphatic carboxylic acids is 1. The monoisotopic (exact) mass is 447 g/mol. The number of aryl methyl sites for hydroxylation is 1. The molecule has 0 unspecified atom stereocenters. The minimum Gasteiger partial charge on any atom is -0.481 e. The van der Waals surface area contributed by atoms with E-state index in [0.717, 1.165) is 47.6 Å². The van der Waals surface area contributed by atoms with Gasteiger partial charge in [-0.15, -0.1) is 0 Å². The second-order valence-corrected chi connectivity index (χ2v) is 8.95.